The van der Waals surface area contributed by atoms with Crippen LogP contribution in [0.5, 0.6) is 0 Å². The van der Waals surface area contributed by atoms with Crippen LogP contribution in [0.3, 0.4) is 0 Å². The molecule has 1 saturated carbocycles. The number of nitrogens with zero attached hydrogens (tertiary/aromatic N) is 3. The number of hydrogen-bond donors (Lipinski definition) is 1. The Hall–Kier alpha value is -1.81. The van der Waals surface area contributed by atoms with Crippen LogP contribution in [0.15, 0.2) is 24.4 Å². The van der Waals surface area contributed by atoms with Crippen molar-refractivity contribution in [1.29, 1.82) is 0 Å². The van der Waals surface area contributed by atoms with Crippen LogP contribution in [-0.2, 0) is 6.42 Å². The minimum absolute atomic E-state index is 0.722. The second-order valence-corrected chi connectivity index (χ2v) is 5.39. The lowest BCUT2D eigenvalue weighted by molar-refractivity contribution is 0.675. The van der Waals surface area contributed by atoms with Gasteiger partial charge in [-0.25, -0.2) is 9.97 Å². The molecule has 1 aliphatic carbocycles. The summed E-state index contributed by atoms with van der Waals surface area (Å²) < 4.78 is 0. The second-order valence-electron chi connectivity index (χ2n) is 5.39. The van der Waals surface area contributed by atoms with Crippen molar-refractivity contribution in [3.8, 4) is 11.5 Å². The van der Waals surface area contributed by atoms with Gasteiger partial charge in [0.1, 0.15) is 5.69 Å². The highest BCUT2D eigenvalue weighted by molar-refractivity contribution is 5.49. The van der Waals surface area contributed by atoms with Crippen molar-refractivity contribution in [3.63, 3.8) is 0 Å². The molecule has 0 radical (unpaired) electrons. The zero-order valence-electron chi connectivity index (χ0n) is 12.1. The van der Waals surface area contributed by atoms with Crippen molar-refractivity contribution in [2.24, 2.45) is 0 Å². The van der Waals surface area contributed by atoms with Crippen molar-refractivity contribution >= 4 is 0 Å². The Balaban J connectivity index is 1.78. The fourth-order valence-corrected chi connectivity index (χ4v) is 2.40. The van der Waals surface area contributed by atoms with Gasteiger partial charge < -0.3 is 5.32 Å². The SMILES string of the molecule is Cc1nc(-c2ccccn2)nc(C)c1CCNC1CC1. The molecule has 0 aliphatic heterocycles. The Labute approximate surface area is 119 Å². The van der Waals surface area contributed by atoms with E-state index in [0.29, 0.717) is 0 Å². The fraction of sp³-hybridized carbons (Fsp3) is 0.438. The van der Waals surface area contributed by atoms with Crippen LogP contribution in [0.2, 0.25) is 0 Å². The highest BCUT2D eigenvalue weighted by Crippen LogP contribution is 2.20. The van der Waals surface area contributed by atoms with Crippen LogP contribution in [0.1, 0.15) is 29.8 Å². The van der Waals surface area contributed by atoms with Crippen molar-refractivity contribution in [3.05, 3.63) is 41.3 Å². The molecule has 0 bridgehead atoms. The molecular weight excluding hydrogens is 248 g/mol. The number of rotatable bonds is 5. The molecule has 20 heavy (non-hydrogen) atoms. The van der Waals surface area contributed by atoms with E-state index < -0.39 is 0 Å². The molecule has 1 aliphatic rings. The molecule has 1 fully saturated rings. The lowest BCUT2D eigenvalue weighted by Crippen LogP contribution is -2.20. The van der Waals surface area contributed by atoms with Crippen LogP contribution in [-0.4, -0.2) is 27.5 Å². The summed E-state index contributed by atoms with van der Waals surface area (Å²) in [4.78, 5) is 13.5. The molecule has 0 saturated heterocycles. The average molecular weight is 268 g/mol. The van der Waals surface area contributed by atoms with E-state index >= 15 is 0 Å². The molecule has 4 heteroatoms. The molecule has 0 aromatic carbocycles. The van der Waals surface area contributed by atoms with Crippen LogP contribution in [0, 0.1) is 13.8 Å². The van der Waals surface area contributed by atoms with E-state index in [9.17, 15) is 0 Å². The van der Waals surface area contributed by atoms with Gasteiger partial charge in [-0.05, 0) is 57.4 Å². The minimum atomic E-state index is 0.722. The third kappa shape index (κ3) is 3.02. The fourth-order valence-electron chi connectivity index (χ4n) is 2.40. The molecule has 2 heterocycles. The third-order valence-corrected chi connectivity index (χ3v) is 3.70. The number of aromatic nitrogens is 3. The lowest BCUT2D eigenvalue weighted by Gasteiger charge is -2.11. The number of nitrogens with one attached hydrogen (secondary N) is 1. The minimum Gasteiger partial charge on any atom is -0.314 e. The van der Waals surface area contributed by atoms with Crippen molar-refractivity contribution in [2.75, 3.05) is 6.54 Å². The maximum absolute atomic E-state index is 4.62. The summed E-state index contributed by atoms with van der Waals surface area (Å²) in [6.45, 7) is 5.14. The number of pyridine rings is 1. The molecule has 2 aromatic rings. The quantitative estimate of drug-likeness (QED) is 0.905. The van der Waals surface area contributed by atoms with E-state index in [0.717, 1.165) is 41.9 Å². The van der Waals surface area contributed by atoms with Gasteiger partial charge in [-0.3, -0.25) is 4.98 Å². The summed E-state index contributed by atoms with van der Waals surface area (Å²) in [5.74, 6) is 0.722. The standard InChI is InChI=1S/C16H20N4/c1-11-14(8-10-17-13-6-7-13)12(2)20-16(19-11)15-5-3-4-9-18-15/h3-5,9,13,17H,6-8,10H2,1-2H3. The molecular formula is C16H20N4. The van der Waals surface area contributed by atoms with E-state index in [1.807, 2.05) is 18.2 Å². The summed E-state index contributed by atoms with van der Waals surface area (Å²) in [6.07, 6.45) is 5.42. The van der Waals surface area contributed by atoms with Crippen molar-refractivity contribution in [2.45, 2.75) is 39.2 Å². The van der Waals surface area contributed by atoms with Crippen LogP contribution in [0.25, 0.3) is 11.5 Å². The zero-order valence-corrected chi connectivity index (χ0v) is 12.1. The molecule has 0 atom stereocenters. The van der Waals surface area contributed by atoms with E-state index in [1.54, 1.807) is 6.20 Å². The number of hydrogen-bond acceptors (Lipinski definition) is 4. The van der Waals surface area contributed by atoms with E-state index in [2.05, 4.69) is 34.1 Å². The first-order valence-electron chi connectivity index (χ1n) is 7.23. The largest absolute Gasteiger partial charge is 0.314 e. The highest BCUT2D eigenvalue weighted by Gasteiger charge is 2.20. The molecule has 1 N–H and O–H groups in total. The van der Waals surface area contributed by atoms with Gasteiger partial charge >= 0.3 is 0 Å². The summed E-state index contributed by atoms with van der Waals surface area (Å²) in [7, 11) is 0. The molecule has 0 spiro atoms. The van der Waals surface area contributed by atoms with Gasteiger partial charge in [0.2, 0.25) is 0 Å². The topological polar surface area (TPSA) is 50.7 Å². The summed E-state index contributed by atoms with van der Waals surface area (Å²) >= 11 is 0. The summed E-state index contributed by atoms with van der Waals surface area (Å²) in [5, 5.41) is 3.54. The van der Waals surface area contributed by atoms with Crippen molar-refractivity contribution < 1.29 is 0 Å². The van der Waals surface area contributed by atoms with E-state index in [-0.39, 0.29) is 0 Å². The first-order chi connectivity index (χ1) is 9.74. The monoisotopic (exact) mass is 268 g/mol. The smallest absolute Gasteiger partial charge is 0.178 e. The molecule has 0 amide bonds. The molecule has 0 unspecified atom stereocenters. The van der Waals surface area contributed by atoms with Crippen LogP contribution in [0.4, 0.5) is 0 Å². The van der Waals surface area contributed by atoms with Crippen LogP contribution < -0.4 is 5.32 Å². The molecule has 3 rings (SSSR count). The van der Waals surface area contributed by atoms with Gasteiger partial charge in [0.15, 0.2) is 5.82 Å². The van der Waals surface area contributed by atoms with Crippen LogP contribution >= 0.6 is 0 Å². The van der Waals surface area contributed by atoms with Gasteiger partial charge in [-0.15, -0.1) is 0 Å². The Morgan fingerprint density at radius 2 is 1.90 bits per heavy atom. The Morgan fingerprint density at radius 1 is 1.15 bits per heavy atom. The second kappa shape index (κ2) is 5.67. The maximum atomic E-state index is 4.62. The predicted octanol–water partition coefficient (Wildman–Crippen LogP) is 2.45. The normalized spacial score (nSPS) is 14.5. The van der Waals surface area contributed by atoms with Gasteiger partial charge in [0.05, 0.1) is 0 Å². The lowest BCUT2D eigenvalue weighted by atomic mass is 10.1. The summed E-state index contributed by atoms with van der Waals surface area (Å²) in [5.41, 5.74) is 4.23. The van der Waals surface area contributed by atoms with Gasteiger partial charge in [-0.2, -0.15) is 0 Å². The van der Waals surface area contributed by atoms with Crippen molar-refractivity contribution in [1.82, 2.24) is 20.3 Å². The average Bonchev–Trinajstić information content (AvgIpc) is 3.27. The molecule has 2 aromatic heterocycles. The Morgan fingerprint density at radius 3 is 2.50 bits per heavy atom. The first kappa shape index (κ1) is 13.2. The highest BCUT2D eigenvalue weighted by atomic mass is 15.0. The molecule has 4 nitrogen and oxygen atoms in total. The van der Waals surface area contributed by atoms with E-state index in [4.69, 9.17) is 0 Å². The number of aryl methyl sites for hydroxylation is 2. The summed E-state index contributed by atoms with van der Waals surface area (Å²) in [6, 6.07) is 6.57. The zero-order chi connectivity index (χ0) is 13.9. The van der Waals surface area contributed by atoms with Gasteiger partial charge in [0, 0.05) is 23.6 Å². The Kier molecular flexibility index (Phi) is 3.74. The predicted molar refractivity (Wildman–Crippen MR) is 79.5 cm³/mol. The Bertz CT molecular complexity index is 568. The first-order valence-corrected chi connectivity index (χ1v) is 7.23. The van der Waals surface area contributed by atoms with Gasteiger partial charge in [0.25, 0.3) is 0 Å². The maximum Gasteiger partial charge on any atom is 0.178 e. The van der Waals surface area contributed by atoms with Gasteiger partial charge in [-0.1, -0.05) is 6.07 Å². The molecule has 104 valence electrons. The van der Waals surface area contributed by atoms with E-state index in [1.165, 1.54) is 18.4 Å². The third-order valence-electron chi connectivity index (χ3n) is 3.70.